The van der Waals surface area contributed by atoms with E-state index in [0.29, 0.717) is 17.7 Å². The van der Waals surface area contributed by atoms with Gasteiger partial charge in [0, 0.05) is 12.2 Å². The summed E-state index contributed by atoms with van der Waals surface area (Å²) in [6.07, 6.45) is -4.62. The quantitative estimate of drug-likeness (QED) is 0.613. The number of hydrogen-bond acceptors (Lipinski definition) is 6. The zero-order chi connectivity index (χ0) is 15.6. The number of methoxy groups -OCH3 is 1. The first-order valence-electron chi connectivity index (χ1n) is 6.97. The van der Waals surface area contributed by atoms with Crippen LogP contribution < -0.4 is 4.74 Å². The van der Waals surface area contributed by atoms with Crippen LogP contribution in [0.25, 0.3) is 0 Å². The van der Waals surface area contributed by atoms with Gasteiger partial charge in [0.2, 0.25) is 0 Å². The number of aliphatic hydroxyl groups is 4. The largest absolute Gasteiger partial charge is 0.496 e. The van der Waals surface area contributed by atoms with Gasteiger partial charge in [-0.3, -0.25) is 0 Å². The lowest BCUT2D eigenvalue weighted by Crippen LogP contribution is -2.53. The third-order valence-electron chi connectivity index (χ3n) is 3.85. The van der Waals surface area contributed by atoms with Gasteiger partial charge in [0.25, 0.3) is 0 Å². The lowest BCUT2D eigenvalue weighted by Gasteiger charge is -2.40. The van der Waals surface area contributed by atoms with Crippen LogP contribution in [0.5, 0.6) is 5.75 Å². The highest BCUT2D eigenvalue weighted by Gasteiger charge is 2.43. The Bertz CT molecular complexity index is 477. The second-order valence-electron chi connectivity index (χ2n) is 5.28. The van der Waals surface area contributed by atoms with Gasteiger partial charge in [-0.2, -0.15) is 0 Å². The average molecular weight is 298 g/mol. The molecular formula is C15H22O6. The van der Waals surface area contributed by atoms with Crippen molar-refractivity contribution < 1.29 is 29.9 Å². The van der Waals surface area contributed by atoms with Gasteiger partial charge < -0.3 is 29.9 Å². The zero-order valence-electron chi connectivity index (χ0n) is 12.1. The zero-order valence-corrected chi connectivity index (χ0v) is 12.1. The lowest BCUT2D eigenvalue weighted by molar-refractivity contribution is -0.219. The first-order valence-corrected chi connectivity index (χ1v) is 6.97. The van der Waals surface area contributed by atoms with Gasteiger partial charge in [-0.05, 0) is 31.0 Å². The molecule has 0 bridgehead atoms. The third kappa shape index (κ3) is 3.20. The fraction of sp³-hybridized carbons (Fsp3) is 0.600. The molecule has 1 aromatic carbocycles. The van der Waals surface area contributed by atoms with E-state index in [4.69, 9.17) is 14.6 Å². The predicted molar refractivity (Wildman–Crippen MR) is 75.1 cm³/mol. The van der Waals surface area contributed by atoms with Crippen LogP contribution >= 0.6 is 0 Å². The normalized spacial score (nSPS) is 33.0. The minimum absolute atomic E-state index is 0.0115. The summed E-state index contributed by atoms with van der Waals surface area (Å²) >= 11 is 0. The molecule has 4 N–H and O–H groups in total. The van der Waals surface area contributed by atoms with E-state index in [1.165, 1.54) is 7.11 Å². The molecule has 0 aliphatic carbocycles. The maximum atomic E-state index is 10.2. The Kier molecular flexibility index (Phi) is 5.18. The van der Waals surface area contributed by atoms with Crippen LogP contribution in [0.2, 0.25) is 0 Å². The van der Waals surface area contributed by atoms with Crippen molar-refractivity contribution in [2.45, 2.75) is 43.9 Å². The second-order valence-corrected chi connectivity index (χ2v) is 5.28. The number of ether oxygens (including phenoxy) is 2. The Morgan fingerprint density at radius 1 is 1.14 bits per heavy atom. The van der Waals surface area contributed by atoms with Crippen molar-refractivity contribution in [1.82, 2.24) is 0 Å². The molecule has 0 spiro atoms. The predicted octanol–water partition coefficient (Wildman–Crippen LogP) is -0.227. The van der Waals surface area contributed by atoms with Crippen LogP contribution in [-0.2, 0) is 11.2 Å². The third-order valence-corrected chi connectivity index (χ3v) is 3.85. The summed E-state index contributed by atoms with van der Waals surface area (Å²) < 4.78 is 10.9. The van der Waals surface area contributed by atoms with Gasteiger partial charge in [0.05, 0.1) is 13.2 Å². The molecular weight excluding hydrogens is 276 g/mol. The Morgan fingerprint density at radius 2 is 1.86 bits per heavy atom. The molecule has 0 saturated carbocycles. The van der Waals surface area contributed by atoms with Crippen molar-refractivity contribution in [3.8, 4) is 5.75 Å². The summed E-state index contributed by atoms with van der Waals surface area (Å²) in [6, 6.07) is 5.33. The Labute approximate surface area is 123 Å². The van der Waals surface area contributed by atoms with Gasteiger partial charge >= 0.3 is 0 Å². The molecule has 1 aliphatic rings. The smallest absolute Gasteiger partial charge is 0.124 e. The average Bonchev–Trinajstić information content (AvgIpc) is 2.49. The van der Waals surface area contributed by atoms with Crippen LogP contribution in [-0.4, -0.2) is 58.6 Å². The summed E-state index contributed by atoms with van der Waals surface area (Å²) in [7, 11) is 1.51. The highest BCUT2D eigenvalue weighted by atomic mass is 16.5. The summed E-state index contributed by atoms with van der Waals surface area (Å²) in [5.74, 6) is 0.525. The molecule has 0 amide bonds. The molecule has 0 radical (unpaired) electrons. The van der Waals surface area contributed by atoms with Crippen LogP contribution in [0.4, 0.5) is 0 Å². The molecule has 1 aliphatic heterocycles. The van der Waals surface area contributed by atoms with Gasteiger partial charge in [-0.15, -0.1) is 0 Å². The summed E-state index contributed by atoms with van der Waals surface area (Å²) in [5, 5.41) is 38.9. The van der Waals surface area contributed by atoms with Crippen molar-refractivity contribution in [2.24, 2.45) is 0 Å². The summed E-state index contributed by atoms with van der Waals surface area (Å²) in [6.45, 7) is 1.65. The van der Waals surface area contributed by atoms with Crippen LogP contribution in [0.3, 0.4) is 0 Å². The van der Waals surface area contributed by atoms with E-state index >= 15 is 0 Å². The molecule has 5 atom stereocenters. The minimum Gasteiger partial charge on any atom is -0.496 e. The topological polar surface area (TPSA) is 99.4 Å². The van der Waals surface area contributed by atoms with Crippen LogP contribution in [0, 0.1) is 0 Å². The first kappa shape index (κ1) is 16.2. The molecule has 0 aromatic heterocycles. The Balaban J connectivity index is 2.36. The van der Waals surface area contributed by atoms with E-state index in [1.807, 2.05) is 6.07 Å². The van der Waals surface area contributed by atoms with E-state index in [1.54, 1.807) is 19.1 Å². The molecule has 21 heavy (non-hydrogen) atoms. The van der Waals surface area contributed by atoms with Crippen molar-refractivity contribution in [2.75, 3.05) is 13.7 Å². The second kappa shape index (κ2) is 6.72. The maximum absolute atomic E-state index is 10.2. The van der Waals surface area contributed by atoms with Crippen LogP contribution in [0.15, 0.2) is 18.2 Å². The van der Waals surface area contributed by atoms with E-state index < -0.39 is 30.5 Å². The van der Waals surface area contributed by atoms with Gasteiger partial charge in [0.1, 0.15) is 30.2 Å². The standard InChI is InChI=1S/C15H22O6/c1-8-12(17)13(18)14(19)15(21-8)10-7-9(5-6-16)3-4-11(10)20-2/h3-4,7-8,12-19H,5-6H2,1-2H3/t8-,12+,13+,14-,15+/m0/s1. The molecule has 1 fully saturated rings. The minimum atomic E-state index is -1.29. The van der Waals surface area contributed by atoms with Gasteiger partial charge in [-0.25, -0.2) is 0 Å². The molecule has 0 unspecified atom stereocenters. The Hall–Kier alpha value is -1.18. The highest BCUT2D eigenvalue weighted by molar-refractivity contribution is 5.40. The van der Waals surface area contributed by atoms with Crippen molar-refractivity contribution in [1.29, 1.82) is 0 Å². The van der Waals surface area contributed by atoms with E-state index in [2.05, 4.69) is 0 Å². The molecule has 1 saturated heterocycles. The highest BCUT2D eigenvalue weighted by Crippen LogP contribution is 2.37. The fourth-order valence-electron chi connectivity index (χ4n) is 2.60. The van der Waals surface area contributed by atoms with Crippen molar-refractivity contribution in [3.63, 3.8) is 0 Å². The van der Waals surface area contributed by atoms with Gasteiger partial charge in [0.15, 0.2) is 0 Å². The summed E-state index contributed by atoms with van der Waals surface area (Å²) in [4.78, 5) is 0. The van der Waals surface area contributed by atoms with Crippen molar-refractivity contribution in [3.05, 3.63) is 29.3 Å². The number of benzene rings is 1. The fourth-order valence-corrected chi connectivity index (χ4v) is 2.60. The molecule has 118 valence electrons. The first-order chi connectivity index (χ1) is 9.99. The Morgan fingerprint density at radius 3 is 2.48 bits per heavy atom. The lowest BCUT2D eigenvalue weighted by atomic mass is 9.90. The maximum Gasteiger partial charge on any atom is 0.124 e. The van der Waals surface area contributed by atoms with Crippen LogP contribution in [0.1, 0.15) is 24.2 Å². The molecule has 6 nitrogen and oxygen atoms in total. The molecule has 6 heteroatoms. The molecule has 1 heterocycles. The number of rotatable bonds is 4. The molecule has 2 rings (SSSR count). The number of aliphatic hydroxyl groups excluding tert-OH is 4. The molecule has 1 aromatic rings. The van der Waals surface area contributed by atoms with E-state index in [0.717, 1.165) is 5.56 Å². The van der Waals surface area contributed by atoms with Gasteiger partial charge in [-0.1, -0.05) is 6.07 Å². The van der Waals surface area contributed by atoms with E-state index in [-0.39, 0.29) is 6.61 Å². The summed E-state index contributed by atoms with van der Waals surface area (Å²) in [5.41, 5.74) is 1.46. The van der Waals surface area contributed by atoms with Crippen molar-refractivity contribution >= 4 is 0 Å². The SMILES string of the molecule is COc1ccc(CCO)cc1[C@H]1O[C@@H](C)[C@@H](O)[C@@H](O)[C@@H]1O. The monoisotopic (exact) mass is 298 g/mol. The van der Waals surface area contributed by atoms with E-state index in [9.17, 15) is 15.3 Å². The number of hydrogen-bond donors (Lipinski definition) is 4.